The van der Waals surface area contributed by atoms with Crippen LogP contribution in [-0.2, 0) is 4.74 Å². The molecule has 0 radical (unpaired) electrons. The van der Waals surface area contributed by atoms with E-state index in [0.29, 0.717) is 0 Å². The van der Waals surface area contributed by atoms with E-state index in [-0.39, 0.29) is 27.0 Å². The number of carbonyl (C=O) groups excluding carboxylic acids is 1. The Hall–Kier alpha value is -1.72. The van der Waals surface area contributed by atoms with Gasteiger partial charge in [0.15, 0.2) is 17.3 Å². The Morgan fingerprint density at radius 2 is 1.75 bits per heavy atom. The molecule has 0 fully saturated rings. The summed E-state index contributed by atoms with van der Waals surface area (Å²) >= 11 is 11.3. The van der Waals surface area contributed by atoms with Crippen LogP contribution in [0.2, 0.25) is 10.0 Å². The molecule has 7 heteroatoms. The van der Waals surface area contributed by atoms with Gasteiger partial charge in [-0.3, -0.25) is 0 Å². The number of pyridine rings is 1. The third-order valence-corrected chi connectivity index (χ3v) is 3.13. The molecule has 104 valence electrons. The zero-order chi connectivity index (χ0) is 14.9. The Morgan fingerprint density at radius 3 is 2.40 bits per heavy atom. The molecule has 3 nitrogen and oxygen atoms in total. The third-order valence-electron chi connectivity index (χ3n) is 2.54. The first-order valence-electron chi connectivity index (χ1n) is 5.34. The quantitative estimate of drug-likeness (QED) is 0.618. The Bertz CT molecular complexity index is 692. The van der Waals surface area contributed by atoms with Gasteiger partial charge >= 0.3 is 5.97 Å². The molecule has 0 aliphatic carbocycles. The van der Waals surface area contributed by atoms with Crippen molar-refractivity contribution in [1.82, 2.24) is 4.98 Å². The normalized spacial score (nSPS) is 10.4. The first-order chi connectivity index (χ1) is 9.45. The standard InChI is InChI=1S/C13H7Cl2F2NO2/c1-20-13(19)12-8(15)4-5-9(18-12)6-2-3-7(14)11(17)10(6)16/h2-5H,1H3. The Kier molecular flexibility index (Phi) is 4.20. The maximum absolute atomic E-state index is 13.8. The fourth-order valence-electron chi connectivity index (χ4n) is 1.56. The number of aromatic nitrogens is 1. The summed E-state index contributed by atoms with van der Waals surface area (Å²) in [7, 11) is 1.16. The zero-order valence-corrected chi connectivity index (χ0v) is 11.6. The maximum atomic E-state index is 13.8. The lowest BCUT2D eigenvalue weighted by Crippen LogP contribution is -2.06. The number of methoxy groups -OCH3 is 1. The van der Waals surface area contributed by atoms with Crippen molar-refractivity contribution in [2.24, 2.45) is 0 Å². The zero-order valence-electron chi connectivity index (χ0n) is 10.1. The highest BCUT2D eigenvalue weighted by Gasteiger charge is 2.18. The highest BCUT2D eigenvalue weighted by molar-refractivity contribution is 6.33. The third kappa shape index (κ3) is 2.59. The van der Waals surface area contributed by atoms with E-state index >= 15 is 0 Å². The first-order valence-corrected chi connectivity index (χ1v) is 6.10. The largest absolute Gasteiger partial charge is 0.464 e. The van der Waals surface area contributed by atoms with Crippen LogP contribution in [0.5, 0.6) is 0 Å². The van der Waals surface area contributed by atoms with Gasteiger partial charge in [-0.25, -0.2) is 18.6 Å². The van der Waals surface area contributed by atoms with Gasteiger partial charge in [0.05, 0.1) is 22.8 Å². The molecule has 0 spiro atoms. The second-order valence-corrected chi connectivity index (χ2v) is 4.56. The average molecular weight is 318 g/mol. The van der Waals surface area contributed by atoms with Gasteiger partial charge in [0.25, 0.3) is 0 Å². The molecule has 2 rings (SSSR count). The average Bonchev–Trinajstić information content (AvgIpc) is 2.45. The van der Waals surface area contributed by atoms with E-state index in [1.807, 2.05) is 0 Å². The Morgan fingerprint density at radius 1 is 1.10 bits per heavy atom. The van der Waals surface area contributed by atoms with Gasteiger partial charge in [-0.05, 0) is 24.3 Å². The van der Waals surface area contributed by atoms with Gasteiger partial charge in [0.1, 0.15) is 0 Å². The van der Waals surface area contributed by atoms with Crippen LogP contribution in [0.15, 0.2) is 24.3 Å². The van der Waals surface area contributed by atoms with Crippen molar-refractivity contribution in [1.29, 1.82) is 0 Å². The highest BCUT2D eigenvalue weighted by Crippen LogP contribution is 2.29. The summed E-state index contributed by atoms with van der Waals surface area (Å²) in [5.74, 6) is -3.10. The van der Waals surface area contributed by atoms with Gasteiger partial charge in [-0.15, -0.1) is 0 Å². The van der Waals surface area contributed by atoms with Crippen molar-refractivity contribution in [2.45, 2.75) is 0 Å². The summed E-state index contributed by atoms with van der Waals surface area (Å²) in [6.07, 6.45) is 0. The number of hydrogen-bond donors (Lipinski definition) is 0. The van der Waals surface area contributed by atoms with Crippen LogP contribution >= 0.6 is 23.2 Å². The maximum Gasteiger partial charge on any atom is 0.358 e. The molecule has 0 saturated carbocycles. The summed E-state index contributed by atoms with van der Waals surface area (Å²) in [5.41, 5.74) is -0.266. The fraction of sp³-hybridized carbons (Fsp3) is 0.0769. The first kappa shape index (κ1) is 14.7. The molecule has 2 aromatic rings. The van der Waals surface area contributed by atoms with Crippen molar-refractivity contribution >= 4 is 29.2 Å². The molecular weight excluding hydrogens is 311 g/mol. The molecule has 0 N–H and O–H groups in total. The molecule has 0 atom stereocenters. The lowest BCUT2D eigenvalue weighted by molar-refractivity contribution is 0.0594. The van der Waals surface area contributed by atoms with Crippen LogP contribution < -0.4 is 0 Å². The molecule has 0 saturated heterocycles. The predicted octanol–water partition coefficient (Wildman–Crippen LogP) is 4.12. The molecule has 0 bridgehead atoms. The van der Waals surface area contributed by atoms with Crippen LogP contribution in [0.4, 0.5) is 8.78 Å². The van der Waals surface area contributed by atoms with Crippen LogP contribution in [0.3, 0.4) is 0 Å². The minimum atomic E-state index is -1.18. The smallest absolute Gasteiger partial charge is 0.358 e. The lowest BCUT2D eigenvalue weighted by Gasteiger charge is -2.07. The van der Waals surface area contributed by atoms with Crippen molar-refractivity contribution in [3.8, 4) is 11.3 Å². The van der Waals surface area contributed by atoms with Crippen molar-refractivity contribution in [3.63, 3.8) is 0 Å². The van der Waals surface area contributed by atoms with Crippen molar-refractivity contribution < 1.29 is 18.3 Å². The van der Waals surface area contributed by atoms with E-state index < -0.39 is 17.6 Å². The number of esters is 1. The number of hydrogen-bond acceptors (Lipinski definition) is 3. The van der Waals surface area contributed by atoms with Gasteiger partial charge < -0.3 is 4.74 Å². The predicted molar refractivity (Wildman–Crippen MR) is 70.9 cm³/mol. The van der Waals surface area contributed by atoms with Crippen LogP contribution in [-0.4, -0.2) is 18.1 Å². The monoisotopic (exact) mass is 317 g/mol. The van der Waals surface area contributed by atoms with Crippen molar-refractivity contribution in [3.05, 3.63) is 51.6 Å². The highest BCUT2D eigenvalue weighted by atomic mass is 35.5. The van der Waals surface area contributed by atoms with E-state index in [0.717, 1.165) is 7.11 Å². The Balaban J connectivity index is 2.60. The van der Waals surface area contributed by atoms with Gasteiger partial charge in [-0.1, -0.05) is 23.2 Å². The van der Waals surface area contributed by atoms with Gasteiger partial charge in [0.2, 0.25) is 0 Å². The number of halogens is 4. The number of nitrogens with zero attached hydrogens (tertiary/aromatic N) is 1. The van der Waals surface area contributed by atoms with Crippen molar-refractivity contribution in [2.75, 3.05) is 7.11 Å². The molecule has 0 unspecified atom stereocenters. The van der Waals surface area contributed by atoms with Crippen LogP contribution in [0.25, 0.3) is 11.3 Å². The fourth-order valence-corrected chi connectivity index (χ4v) is 1.88. The SMILES string of the molecule is COC(=O)c1nc(-c2ccc(Cl)c(F)c2F)ccc1Cl. The Labute approximate surface area is 123 Å². The van der Waals surface area contributed by atoms with Gasteiger partial charge in [0, 0.05) is 5.56 Å². The molecular formula is C13H7Cl2F2NO2. The number of rotatable bonds is 2. The number of carbonyl (C=O) groups is 1. The van der Waals surface area contributed by atoms with Crippen LogP contribution in [0.1, 0.15) is 10.5 Å². The van der Waals surface area contributed by atoms with E-state index in [9.17, 15) is 13.6 Å². The number of ether oxygens (including phenoxy) is 1. The topological polar surface area (TPSA) is 39.2 Å². The second kappa shape index (κ2) is 5.73. The summed E-state index contributed by atoms with van der Waals surface area (Å²) in [5, 5.41) is -0.288. The molecule has 1 heterocycles. The summed E-state index contributed by atoms with van der Waals surface area (Å²) < 4.78 is 31.8. The molecule has 0 amide bonds. The molecule has 1 aromatic heterocycles. The van der Waals surface area contributed by atoms with E-state index in [2.05, 4.69) is 9.72 Å². The van der Waals surface area contributed by atoms with E-state index in [1.165, 1.54) is 24.3 Å². The van der Waals surface area contributed by atoms with Crippen LogP contribution in [0, 0.1) is 11.6 Å². The second-order valence-electron chi connectivity index (χ2n) is 3.74. The molecule has 20 heavy (non-hydrogen) atoms. The molecule has 0 aliphatic rings. The minimum absolute atomic E-state index is 0.0443. The summed E-state index contributed by atoms with van der Waals surface area (Å²) in [6.45, 7) is 0. The summed E-state index contributed by atoms with van der Waals surface area (Å²) in [6, 6.07) is 5.17. The summed E-state index contributed by atoms with van der Waals surface area (Å²) in [4.78, 5) is 15.4. The number of benzene rings is 1. The van der Waals surface area contributed by atoms with E-state index in [1.54, 1.807) is 0 Å². The minimum Gasteiger partial charge on any atom is -0.464 e. The van der Waals surface area contributed by atoms with E-state index in [4.69, 9.17) is 23.2 Å². The lowest BCUT2D eigenvalue weighted by atomic mass is 10.1. The molecule has 1 aromatic carbocycles. The van der Waals surface area contributed by atoms with Gasteiger partial charge in [-0.2, -0.15) is 0 Å². The molecule has 0 aliphatic heterocycles.